The Morgan fingerprint density at radius 1 is 1.18 bits per heavy atom. The van der Waals surface area contributed by atoms with Gasteiger partial charge < -0.3 is 4.74 Å². The zero-order valence-corrected chi connectivity index (χ0v) is 15.8. The van der Waals surface area contributed by atoms with Crippen molar-refractivity contribution in [2.45, 2.75) is 11.3 Å². The number of rotatable bonds is 5. The first kappa shape index (κ1) is 20.2. The number of alkyl halides is 2. The Labute approximate surface area is 163 Å². The van der Waals surface area contributed by atoms with Gasteiger partial charge in [-0.15, -0.1) is 0 Å². The molecule has 1 aromatic heterocycles. The minimum Gasteiger partial charge on any atom is -0.495 e. The number of aromatic nitrogens is 2. The number of benzene rings is 2. The number of ether oxygens (including phenoxy) is 1. The molecule has 0 aliphatic carbocycles. The third kappa shape index (κ3) is 3.84. The van der Waals surface area contributed by atoms with Crippen molar-refractivity contribution in [3.8, 4) is 22.7 Å². The fourth-order valence-corrected chi connectivity index (χ4v) is 3.36. The Kier molecular flexibility index (Phi) is 5.37. The van der Waals surface area contributed by atoms with Crippen molar-refractivity contribution < 1.29 is 26.3 Å². The molecule has 0 fully saturated rings. The monoisotopic (exact) mass is 431 g/mol. The van der Waals surface area contributed by atoms with Crippen LogP contribution in [0.2, 0.25) is 5.02 Å². The molecular formula is C17H13ClF3N3O3S. The van der Waals surface area contributed by atoms with Gasteiger partial charge in [-0.1, -0.05) is 17.7 Å². The zero-order chi connectivity index (χ0) is 20.6. The minimum atomic E-state index is -4.27. The molecule has 3 rings (SSSR count). The van der Waals surface area contributed by atoms with Gasteiger partial charge in [0.1, 0.15) is 22.2 Å². The van der Waals surface area contributed by atoms with Crippen LogP contribution < -0.4 is 9.88 Å². The molecule has 3 aromatic rings. The summed E-state index contributed by atoms with van der Waals surface area (Å²) in [7, 11) is -2.88. The lowest BCUT2D eigenvalue weighted by molar-refractivity contribution is 0.145. The quantitative estimate of drug-likeness (QED) is 0.663. The van der Waals surface area contributed by atoms with Crippen LogP contribution in [0, 0.1) is 5.82 Å². The Bertz CT molecular complexity index is 1150. The van der Waals surface area contributed by atoms with E-state index in [-0.39, 0.29) is 17.0 Å². The SMILES string of the molecule is COc1cc(-n2nc(C(F)F)cc2-c2ccc(S(N)(=O)=O)c(F)c2)ccc1Cl. The van der Waals surface area contributed by atoms with Crippen molar-refractivity contribution in [2.24, 2.45) is 5.14 Å². The van der Waals surface area contributed by atoms with Crippen LogP contribution in [-0.2, 0) is 10.0 Å². The molecule has 6 nitrogen and oxygen atoms in total. The van der Waals surface area contributed by atoms with Crippen molar-refractivity contribution >= 4 is 21.6 Å². The van der Waals surface area contributed by atoms with Crippen LogP contribution in [0.15, 0.2) is 47.4 Å². The van der Waals surface area contributed by atoms with Gasteiger partial charge in [0.05, 0.1) is 23.5 Å². The van der Waals surface area contributed by atoms with Gasteiger partial charge in [0, 0.05) is 11.6 Å². The van der Waals surface area contributed by atoms with E-state index in [1.165, 1.54) is 31.4 Å². The van der Waals surface area contributed by atoms with E-state index in [1.807, 2.05) is 0 Å². The highest BCUT2D eigenvalue weighted by Gasteiger charge is 2.21. The van der Waals surface area contributed by atoms with E-state index in [9.17, 15) is 21.6 Å². The first-order chi connectivity index (χ1) is 13.1. The number of primary sulfonamides is 1. The van der Waals surface area contributed by atoms with Gasteiger partial charge in [-0.25, -0.2) is 31.4 Å². The van der Waals surface area contributed by atoms with E-state index in [0.717, 1.165) is 22.9 Å². The summed E-state index contributed by atoms with van der Waals surface area (Å²) in [6.07, 6.45) is -2.87. The highest BCUT2D eigenvalue weighted by Crippen LogP contribution is 2.32. The molecule has 0 radical (unpaired) electrons. The van der Waals surface area contributed by atoms with Crippen LogP contribution in [0.25, 0.3) is 16.9 Å². The third-order valence-corrected chi connectivity index (χ3v) is 5.12. The lowest BCUT2D eigenvalue weighted by atomic mass is 10.1. The molecule has 1 heterocycles. The fraction of sp³-hybridized carbons (Fsp3) is 0.118. The van der Waals surface area contributed by atoms with Crippen LogP contribution in [-0.4, -0.2) is 25.3 Å². The molecule has 0 unspecified atom stereocenters. The maximum absolute atomic E-state index is 14.2. The Hall–Kier alpha value is -2.56. The third-order valence-electron chi connectivity index (χ3n) is 3.87. The van der Waals surface area contributed by atoms with Crippen LogP contribution in [0.3, 0.4) is 0 Å². The Morgan fingerprint density at radius 3 is 2.46 bits per heavy atom. The van der Waals surface area contributed by atoms with Crippen molar-refractivity contribution in [1.82, 2.24) is 9.78 Å². The largest absolute Gasteiger partial charge is 0.495 e. The van der Waals surface area contributed by atoms with Gasteiger partial charge in [-0.05, 0) is 30.3 Å². The lowest BCUT2D eigenvalue weighted by Gasteiger charge is -2.11. The summed E-state index contributed by atoms with van der Waals surface area (Å²) < 4.78 is 69.7. The summed E-state index contributed by atoms with van der Waals surface area (Å²) in [6, 6.07) is 8.66. The van der Waals surface area contributed by atoms with E-state index in [2.05, 4.69) is 5.10 Å². The molecule has 0 aliphatic rings. The molecule has 0 amide bonds. The number of nitrogens with zero attached hydrogens (tertiary/aromatic N) is 2. The van der Waals surface area contributed by atoms with Gasteiger partial charge >= 0.3 is 0 Å². The lowest BCUT2D eigenvalue weighted by Crippen LogP contribution is -2.14. The maximum Gasteiger partial charge on any atom is 0.282 e. The molecule has 0 saturated carbocycles. The number of nitrogens with two attached hydrogens (primary N) is 1. The van der Waals surface area contributed by atoms with Crippen LogP contribution in [0.1, 0.15) is 12.1 Å². The van der Waals surface area contributed by atoms with Crippen molar-refractivity contribution in [2.75, 3.05) is 7.11 Å². The number of hydrogen-bond donors (Lipinski definition) is 1. The van der Waals surface area contributed by atoms with Crippen LogP contribution in [0.5, 0.6) is 5.75 Å². The van der Waals surface area contributed by atoms with Gasteiger partial charge in [0.15, 0.2) is 0 Å². The molecule has 148 valence electrons. The summed E-state index contributed by atoms with van der Waals surface area (Å²) in [5, 5.41) is 9.11. The molecule has 0 aliphatic heterocycles. The van der Waals surface area contributed by atoms with Gasteiger partial charge in [0.2, 0.25) is 10.0 Å². The topological polar surface area (TPSA) is 87.2 Å². The molecule has 0 saturated heterocycles. The normalized spacial score (nSPS) is 11.8. The predicted octanol–water partition coefficient (Wildman–Crippen LogP) is 3.93. The summed E-state index contributed by atoms with van der Waals surface area (Å²) in [5.41, 5.74) is 0.0247. The van der Waals surface area contributed by atoms with E-state index >= 15 is 0 Å². The number of sulfonamides is 1. The summed E-state index contributed by atoms with van der Waals surface area (Å²) >= 11 is 5.98. The average Bonchev–Trinajstić information content (AvgIpc) is 3.06. The second-order valence-electron chi connectivity index (χ2n) is 5.68. The number of methoxy groups -OCH3 is 1. The van der Waals surface area contributed by atoms with E-state index in [1.54, 1.807) is 0 Å². The average molecular weight is 432 g/mol. The molecule has 2 N–H and O–H groups in total. The smallest absolute Gasteiger partial charge is 0.282 e. The molecule has 11 heteroatoms. The Balaban J connectivity index is 2.20. The summed E-state index contributed by atoms with van der Waals surface area (Å²) in [5.74, 6) is -0.824. The second kappa shape index (κ2) is 7.46. The standard InChI is InChI=1S/C17H13ClF3N3O3S/c1-27-15-7-10(3-4-11(15)18)24-14(8-13(23-24)17(20)21)9-2-5-16(12(19)6-9)28(22,25)26/h2-8,17H,1H3,(H2,22,25,26). The molecule has 28 heavy (non-hydrogen) atoms. The molecule has 0 spiro atoms. The molecular weight excluding hydrogens is 419 g/mol. The highest BCUT2D eigenvalue weighted by molar-refractivity contribution is 7.89. The number of hydrogen-bond acceptors (Lipinski definition) is 4. The molecule has 0 bridgehead atoms. The highest BCUT2D eigenvalue weighted by atomic mass is 35.5. The fourth-order valence-electron chi connectivity index (χ4n) is 2.58. The maximum atomic E-state index is 14.2. The van der Waals surface area contributed by atoms with E-state index in [4.69, 9.17) is 21.5 Å². The zero-order valence-electron chi connectivity index (χ0n) is 14.2. The van der Waals surface area contributed by atoms with E-state index < -0.39 is 32.9 Å². The predicted molar refractivity (Wildman–Crippen MR) is 96.9 cm³/mol. The van der Waals surface area contributed by atoms with Crippen LogP contribution in [0.4, 0.5) is 13.2 Å². The van der Waals surface area contributed by atoms with Crippen molar-refractivity contribution in [1.29, 1.82) is 0 Å². The Morgan fingerprint density at radius 2 is 1.89 bits per heavy atom. The van der Waals surface area contributed by atoms with Gasteiger partial charge in [-0.2, -0.15) is 5.10 Å². The summed E-state index contributed by atoms with van der Waals surface area (Å²) in [4.78, 5) is -0.704. The number of halogens is 4. The van der Waals surface area contributed by atoms with Crippen LogP contribution >= 0.6 is 11.6 Å². The molecule has 2 aromatic carbocycles. The summed E-state index contributed by atoms with van der Waals surface area (Å²) in [6.45, 7) is 0. The first-order valence-corrected chi connectivity index (χ1v) is 9.59. The van der Waals surface area contributed by atoms with Gasteiger partial charge in [0.25, 0.3) is 6.43 Å². The van der Waals surface area contributed by atoms with Crippen molar-refractivity contribution in [3.63, 3.8) is 0 Å². The minimum absolute atomic E-state index is 0.111. The van der Waals surface area contributed by atoms with E-state index in [0.29, 0.717) is 10.7 Å². The second-order valence-corrected chi connectivity index (χ2v) is 7.61. The van der Waals surface area contributed by atoms with Gasteiger partial charge in [-0.3, -0.25) is 0 Å². The molecule has 0 atom stereocenters. The first-order valence-electron chi connectivity index (χ1n) is 7.66. The van der Waals surface area contributed by atoms with Crippen molar-refractivity contribution in [3.05, 3.63) is 59.0 Å².